The van der Waals surface area contributed by atoms with Gasteiger partial charge < -0.3 is 14.9 Å². The second-order valence-corrected chi connectivity index (χ2v) is 6.61. The van der Waals surface area contributed by atoms with E-state index in [1.165, 1.54) is 12.4 Å². The average molecular weight is 390 g/mol. The van der Waals surface area contributed by atoms with Crippen LogP contribution in [-0.2, 0) is 0 Å². The fourth-order valence-corrected chi connectivity index (χ4v) is 3.11. The molecule has 2 N–H and O–H groups in total. The summed E-state index contributed by atoms with van der Waals surface area (Å²) in [7, 11) is 1.60. The van der Waals surface area contributed by atoms with Crippen LogP contribution in [0.5, 0.6) is 11.6 Å². The zero-order chi connectivity index (χ0) is 19.7. The van der Waals surface area contributed by atoms with Crippen molar-refractivity contribution in [2.24, 2.45) is 5.92 Å². The van der Waals surface area contributed by atoms with Crippen molar-refractivity contribution in [3.05, 3.63) is 47.8 Å². The van der Waals surface area contributed by atoms with Crippen molar-refractivity contribution in [3.8, 4) is 11.6 Å². The van der Waals surface area contributed by atoms with Crippen molar-refractivity contribution in [1.29, 1.82) is 0 Å². The molecular formula is C18H20F2N6O2. The van der Waals surface area contributed by atoms with E-state index in [0.29, 0.717) is 40.6 Å². The maximum Gasteiger partial charge on any atom is 0.329 e. The highest BCUT2D eigenvalue weighted by Gasteiger charge is 2.40. The van der Waals surface area contributed by atoms with Crippen LogP contribution in [0.15, 0.2) is 30.7 Å². The molecule has 0 radical (unpaired) electrons. The largest absolute Gasteiger partial charge is 0.495 e. The first-order valence-corrected chi connectivity index (χ1v) is 8.82. The lowest BCUT2D eigenvalue weighted by Gasteiger charge is -2.21. The minimum atomic E-state index is -2.73. The minimum Gasteiger partial charge on any atom is -0.495 e. The normalized spacial score (nSPS) is 20.8. The van der Waals surface area contributed by atoms with E-state index in [9.17, 15) is 8.78 Å². The van der Waals surface area contributed by atoms with E-state index in [4.69, 9.17) is 9.47 Å². The summed E-state index contributed by atoms with van der Waals surface area (Å²) in [6, 6.07) is 3.83. The minimum absolute atomic E-state index is 0.217. The molecule has 0 aromatic carbocycles. The Morgan fingerprint density at radius 1 is 1.29 bits per heavy atom. The number of alkyl halides is 2. The van der Waals surface area contributed by atoms with Crippen LogP contribution in [0.1, 0.15) is 29.4 Å². The maximum atomic E-state index is 13.2. The first kappa shape index (κ1) is 18.4. The number of pyridine rings is 1. The molecule has 148 valence electrons. The monoisotopic (exact) mass is 390 g/mol. The van der Waals surface area contributed by atoms with E-state index in [2.05, 4.69) is 25.9 Å². The van der Waals surface area contributed by atoms with Gasteiger partial charge in [0, 0.05) is 29.9 Å². The summed E-state index contributed by atoms with van der Waals surface area (Å²) in [6.45, 7) is -0.586. The quantitative estimate of drug-likeness (QED) is 0.697. The Morgan fingerprint density at radius 3 is 2.86 bits per heavy atom. The molecule has 0 bridgehead atoms. The van der Waals surface area contributed by atoms with E-state index in [0.717, 1.165) is 12.1 Å². The summed E-state index contributed by atoms with van der Waals surface area (Å²) < 4.78 is 37.4. The molecule has 10 heteroatoms. The summed E-state index contributed by atoms with van der Waals surface area (Å²) >= 11 is 0. The van der Waals surface area contributed by atoms with Gasteiger partial charge in [-0.25, -0.2) is 9.99 Å². The number of ether oxygens (including phenoxy) is 2. The highest BCUT2D eigenvalue weighted by atomic mass is 19.3. The Hall–Kier alpha value is -3.01. The number of methoxy groups -OCH3 is 1. The predicted octanol–water partition coefficient (Wildman–Crippen LogP) is 2.22. The van der Waals surface area contributed by atoms with E-state index in [1.807, 2.05) is 12.1 Å². The van der Waals surface area contributed by atoms with Gasteiger partial charge in [-0.3, -0.25) is 4.98 Å². The molecule has 4 rings (SSSR count). The molecule has 2 aliphatic rings. The molecule has 1 saturated carbocycles. The van der Waals surface area contributed by atoms with Crippen molar-refractivity contribution in [2.45, 2.75) is 25.8 Å². The molecule has 2 aromatic heterocycles. The highest BCUT2D eigenvalue weighted by molar-refractivity contribution is 5.67. The molecule has 2 atom stereocenters. The van der Waals surface area contributed by atoms with Crippen LogP contribution in [0.3, 0.4) is 0 Å². The van der Waals surface area contributed by atoms with Gasteiger partial charge in [0.25, 0.3) is 0 Å². The van der Waals surface area contributed by atoms with Crippen molar-refractivity contribution >= 4 is 5.70 Å². The van der Waals surface area contributed by atoms with Gasteiger partial charge in [0.1, 0.15) is 11.6 Å². The molecule has 0 amide bonds. The number of nitrogens with zero attached hydrogens (tertiary/aromatic N) is 4. The topological polar surface area (TPSA) is 84.4 Å². The smallest absolute Gasteiger partial charge is 0.329 e. The van der Waals surface area contributed by atoms with Gasteiger partial charge in [-0.2, -0.15) is 13.8 Å². The molecule has 28 heavy (non-hydrogen) atoms. The van der Waals surface area contributed by atoms with Crippen LogP contribution >= 0.6 is 0 Å². The van der Waals surface area contributed by atoms with Crippen LogP contribution in [0.4, 0.5) is 8.78 Å². The molecule has 8 nitrogen and oxygen atoms in total. The third-order valence-electron chi connectivity index (χ3n) is 4.73. The molecule has 1 aliphatic heterocycles. The zero-order valence-corrected chi connectivity index (χ0v) is 15.4. The van der Waals surface area contributed by atoms with Gasteiger partial charge in [0.15, 0.2) is 0 Å². The van der Waals surface area contributed by atoms with Gasteiger partial charge in [-0.15, -0.1) is 5.53 Å². The maximum absolute atomic E-state index is 13.2. The van der Waals surface area contributed by atoms with E-state index in [-0.39, 0.29) is 11.6 Å². The van der Waals surface area contributed by atoms with E-state index in [1.54, 1.807) is 20.2 Å². The Bertz CT molecular complexity index is 877. The van der Waals surface area contributed by atoms with Gasteiger partial charge in [-0.1, -0.05) is 0 Å². The van der Waals surface area contributed by atoms with Crippen molar-refractivity contribution < 1.29 is 18.3 Å². The fraction of sp³-hybridized carbons (Fsp3) is 0.389. The molecule has 1 fully saturated rings. The summed E-state index contributed by atoms with van der Waals surface area (Å²) in [4.78, 5) is 12.8. The molecule has 0 unspecified atom stereocenters. The first-order chi connectivity index (χ1) is 13.6. The molecule has 3 heterocycles. The van der Waals surface area contributed by atoms with Crippen molar-refractivity contribution in [1.82, 2.24) is 30.9 Å². The number of rotatable bonds is 7. The number of hydrogen-bond acceptors (Lipinski definition) is 8. The van der Waals surface area contributed by atoms with Crippen molar-refractivity contribution in [3.63, 3.8) is 0 Å². The number of aryl methyl sites for hydroxylation is 1. The number of hydrogen-bond donors (Lipinski definition) is 2. The molecule has 0 spiro atoms. The molecule has 1 aliphatic carbocycles. The van der Waals surface area contributed by atoms with Gasteiger partial charge in [0.2, 0.25) is 5.88 Å². The second kappa shape index (κ2) is 7.55. The Morgan fingerprint density at radius 2 is 2.14 bits per heavy atom. The number of aromatic nitrogens is 3. The fourth-order valence-electron chi connectivity index (χ4n) is 3.11. The average Bonchev–Trinajstić information content (AvgIpc) is 3.31. The third kappa shape index (κ3) is 3.68. The van der Waals surface area contributed by atoms with Gasteiger partial charge in [-0.05, 0) is 25.5 Å². The molecule has 0 saturated heterocycles. The summed E-state index contributed by atoms with van der Waals surface area (Å²) in [5.74, 6) is 2.11. The van der Waals surface area contributed by atoms with E-state index < -0.39 is 6.55 Å². The summed E-state index contributed by atoms with van der Waals surface area (Å²) in [5, 5.41) is 0.697. The number of hydrazine groups is 2. The summed E-state index contributed by atoms with van der Waals surface area (Å²) in [6.07, 6.45) is 5.56. The van der Waals surface area contributed by atoms with Gasteiger partial charge >= 0.3 is 6.55 Å². The van der Waals surface area contributed by atoms with Crippen LogP contribution < -0.4 is 20.4 Å². The number of halogens is 2. The van der Waals surface area contributed by atoms with Gasteiger partial charge in [0.05, 0.1) is 31.2 Å². The summed E-state index contributed by atoms with van der Waals surface area (Å²) in [5.41, 5.74) is 6.53. The van der Waals surface area contributed by atoms with E-state index >= 15 is 0 Å². The molecular weight excluding hydrogens is 370 g/mol. The SMILES string of the molecule is COc1ccc([C@H]2C[C@@H]2COc2nc(C)ncc2C2=CNNN2C(F)F)nc1. The zero-order valence-electron chi connectivity index (χ0n) is 15.4. The lowest BCUT2D eigenvalue weighted by molar-refractivity contribution is -0.0169. The van der Waals surface area contributed by atoms with Crippen LogP contribution in [0.25, 0.3) is 5.70 Å². The highest BCUT2D eigenvalue weighted by Crippen LogP contribution is 2.47. The lowest BCUT2D eigenvalue weighted by atomic mass is 10.2. The number of nitrogens with one attached hydrogen (secondary N) is 2. The Kier molecular flexibility index (Phi) is 4.95. The standard InChI is InChI=1S/C18H20F2N6O2/c1-10-21-7-14(16-8-23-25-26(16)18(19)20)17(24-10)28-9-11-5-13(11)15-4-3-12(27-2)6-22-15/h3-4,6-8,11,13,18,23,25H,5,9H2,1-2H3/t11-,13+/m1/s1. The van der Waals surface area contributed by atoms with Crippen molar-refractivity contribution in [2.75, 3.05) is 13.7 Å². The van der Waals surface area contributed by atoms with Crippen LogP contribution in [-0.4, -0.2) is 40.2 Å². The predicted molar refractivity (Wildman–Crippen MR) is 96.0 cm³/mol. The molecule has 2 aromatic rings. The second-order valence-electron chi connectivity index (χ2n) is 6.61. The lowest BCUT2D eigenvalue weighted by Crippen LogP contribution is -2.40. The van der Waals surface area contributed by atoms with Crippen LogP contribution in [0.2, 0.25) is 0 Å². The first-order valence-electron chi connectivity index (χ1n) is 8.82. The Labute approximate surface area is 160 Å². The van der Waals surface area contributed by atoms with Crippen LogP contribution in [0, 0.1) is 12.8 Å². The Balaban J connectivity index is 1.45. The third-order valence-corrected chi connectivity index (χ3v) is 4.73.